The minimum Gasteiger partial charge on any atom is -0.387 e. The fourth-order valence-corrected chi connectivity index (χ4v) is 3.69. The van der Waals surface area contributed by atoms with E-state index in [1.54, 1.807) is 0 Å². The molecule has 0 unspecified atom stereocenters. The first-order valence-corrected chi connectivity index (χ1v) is 6.38. The van der Waals surface area contributed by atoms with Crippen LogP contribution in [0.5, 0.6) is 0 Å². The molecule has 16 heavy (non-hydrogen) atoms. The lowest BCUT2D eigenvalue weighted by molar-refractivity contribution is -0.135. The molecule has 0 aromatic heterocycles. The van der Waals surface area contributed by atoms with Gasteiger partial charge in [0.15, 0.2) is 0 Å². The second kappa shape index (κ2) is 4.30. The predicted octanol–water partition coefficient (Wildman–Crippen LogP) is 3.38. The van der Waals surface area contributed by atoms with Crippen LogP contribution >= 0.6 is 0 Å². The summed E-state index contributed by atoms with van der Waals surface area (Å²) in [6.45, 7) is 13.5. The minimum atomic E-state index is -0.643. The quantitative estimate of drug-likeness (QED) is 0.802. The molecule has 0 aromatic rings. The molecule has 1 aliphatic carbocycles. The highest BCUT2D eigenvalue weighted by molar-refractivity contribution is 4.97. The zero-order valence-electron chi connectivity index (χ0n) is 11.8. The third kappa shape index (κ3) is 4.06. The van der Waals surface area contributed by atoms with E-state index in [9.17, 15) is 5.11 Å². The minimum absolute atomic E-state index is 0.192. The molecule has 0 spiro atoms. The Bertz CT molecular complexity index is 225. The first kappa shape index (κ1) is 14.0. The normalized spacial score (nSPS) is 27.0. The maximum absolute atomic E-state index is 10.7. The van der Waals surface area contributed by atoms with Crippen LogP contribution in [0, 0.1) is 10.8 Å². The van der Waals surface area contributed by atoms with E-state index in [0.717, 1.165) is 12.8 Å². The molecular formula is C14H28O2. The fraction of sp³-hybridized carbons (Fsp3) is 1.00. The van der Waals surface area contributed by atoms with Crippen LogP contribution in [0.1, 0.15) is 60.8 Å². The number of ether oxygens (including phenoxy) is 1. The second-order valence-electron chi connectivity index (χ2n) is 7.44. The molecule has 2 heteroatoms. The summed E-state index contributed by atoms with van der Waals surface area (Å²) in [5.41, 5.74) is -0.233. The molecule has 0 saturated heterocycles. The van der Waals surface area contributed by atoms with Crippen molar-refractivity contribution in [2.45, 2.75) is 72.5 Å². The highest BCUT2D eigenvalue weighted by Gasteiger charge is 2.46. The van der Waals surface area contributed by atoms with Crippen molar-refractivity contribution in [3.8, 4) is 0 Å². The third-order valence-electron chi connectivity index (χ3n) is 3.26. The molecule has 0 heterocycles. The maximum atomic E-state index is 10.7. The summed E-state index contributed by atoms with van der Waals surface area (Å²) in [5.74, 6) is 0. The second-order valence-corrected chi connectivity index (χ2v) is 7.44. The van der Waals surface area contributed by atoms with Gasteiger partial charge in [0, 0.05) is 0 Å². The van der Waals surface area contributed by atoms with Crippen LogP contribution in [-0.4, -0.2) is 23.4 Å². The van der Waals surface area contributed by atoms with Gasteiger partial charge in [-0.05, 0) is 43.9 Å². The van der Waals surface area contributed by atoms with E-state index in [0.29, 0.717) is 6.61 Å². The van der Waals surface area contributed by atoms with Gasteiger partial charge in [-0.1, -0.05) is 27.7 Å². The van der Waals surface area contributed by atoms with Gasteiger partial charge in [-0.2, -0.15) is 0 Å². The van der Waals surface area contributed by atoms with Gasteiger partial charge in [0.05, 0.1) is 18.3 Å². The van der Waals surface area contributed by atoms with E-state index >= 15 is 0 Å². The summed E-state index contributed by atoms with van der Waals surface area (Å²) in [5, 5.41) is 10.7. The Morgan fingerprint density at radius 3 is 1.81 bits per heavy atom. The molecule has 1 aliphatic rings. The SMILES string of the molecule is CC(C)OCC1(O)CC(C)(C)CC(C)(C)C1. The molecule has 0 aliphatic heterocycles. The van der Waals surface area contributed by atoms with Gasteiger partial charge >= 0.3 is 0 Å². The predicted molar refractivity (Wildman–Crippen MR) is 67.5 cm³/mol. The smallest absolute Gasteiger partial charge is 0.0890 e. The first-order valence-electron chi connectivity index (χ1n) is 6.38. The van der Waals surface area contributed by atoms with E-state index in [-0.39, 0.29) is 16.9 Å². The molecule has 0 bridgehead atoms. The van der Waals surface area contributed by atoms with Crippen LogP contribution in [0.15, 0.2) is 0 Å². The zero-order valence-corrected chi connectivity index (χ0v) is 11.8. The lowest BCUT2D eigenvalue weighted by Gasteiger charge is -2.49. The molecule has 0 atom stereocenters. The number of aliphatic hydroxyl groups is 1. The largest absolute Gasteiger partial charge is 0.387 e. The Kier molecular flexibility index (Phi) is 3.76. The number of hydrogen-bond donors (Lipinski definition) is 1. The molecule has 2 nitrogen and oxygen atoms in total. The van der Waals surface area contributed by atoms with Crippen LogP contribution in [0.4, 0.5) is 0 Å². The standard InChI is InChI=1S/C14H28O2/c1-11(2)16-10-14(15)8-12(3,4)7-13(5,6)9-14/h11,15H,7-10H2,1-6H3. The van der Waals surface area contributed by atoms with E-state index in [2.05, 4.69) is 27.7 Å². The van der Waals surface area contributed by atoms with Gasteiger partial charge in [-0.3, -0.25) is 0 Å². The Morgan fingerprint density at radius 1 is 1.00 bits per heavy atom. The van der Waals surface area contributed by atoms with Crippen LogP contribution < -0.4 is 0 Å². The van der Waals surface area contributed by atoms with Crippen LogP contribution in [0.3, 0.4) is 0 Å². The van der Waals surface area contributed by atoms with Crippen molar-refractivity contribution in [3.63, 3.8) is 0 Å². The van der Waals surface area contributed by atoms with Gasteiger partial charge in [-0.15, -0.1) is 0 Å². The van der Waals surface area contributed by atoms with Crippen molar-refractivity contribution in [1.29, 1.82) is 0 Å². The molecule has 0 amide bonds. The molecule has 1 fully saturated rings. The van der Waals surface area contributed by atoms with Crippen molar-refractivity contribution >= 4 is 0 Å². The van der Waals surface area contributed by atoms with Crippen molar-refractivity contribution in [2.75, 3.05) is 6.61 Å². The Balaban J connectivity index is 2.71. The maximum Gasteiger partial charge on any atom is 0.0890 e. The van der Waals surface area contributed by atoms with Crippen molar-refractivity contribution < 1.29 is 9.84 Å². The molecule has 1 saturated carbocycles. The molecule has 96 valence electrons. The summed E-state index contributed by atoms with van der Waals surface area (Å²) in [6.07, 6.45) is 3.05. The Hall–Kier alpha value is -0.0800. The molecule has 1 rings (SSSR count). The zero-order chi connectivity index (χ0) is 12.6. The lowest BCUT2D eigenvalue weighted by atomic mass is 9.60. The molecular weight excluding hydrogens is 200 g/mol. The topological polar surface area (TPSA) is 29.5 Å². The summed E-state index contributed by atoms with van der Waals surface area (Å²) >= 11 is 0. The van der Waals surface area contributed by atoms with Crippen molar-refractivity contribution in [2.24, 2.45) is 10.8 Å². The van der Waals surface area contributed by atoms with Gasteiger partial charge in [0.2, 0.25) is 0 Å². The van der Waals surface area contributed by atoms with Gasteiger partial charge in [-0.25, -0.2) is 0 Å². The van der Waals surface area contributed by atoms with E-state index in [4.69, 9.17) is 4.74 Å². The highest BCUT2D eigenvalue weighted by Crippen LogP contribution is 2.50. The fourth-order valence-electron chi connectivity index (χ4n) is 3.69. The summed E-state index contributed by atoms with van der Waals surface area (Å²) in [6, 6.07) is 0. The van der Waals surface area contributed by atoms with Gasteiger partial charge in [0.1, 0.15) is 0 Å². The van der Waals surface area contributed by atoms with E-state index in [1.807, 2.05) is 13.8 Å². The molecule has 0 radical (unpaired) electrons. The average molecular weight is 228 g/mol. The first-order chi connectivity index (χ1) is 7.04. The lowest BCUT2D eigenvalue weighted by Crippen LogP contribution is -2.49. The third-order valence-corrected chi connectivity index (χ3v) is 3.26. The molecule has 0 aromatic carbocycles. The van der Waals surface area contributed by atoms with Crippen LogP contribution in [0.25, 0.3) is 0 Å². The van der Waals surface area contributed by atoms with Crippen LogP contribution in [-0.2, 0) is 4.74 Å². The van der Waals surface area contributed by atoms with Crippen molar-refractivity contribution in [1.82, 2.24) is 0 Å². The highest BCUT2D eigenvalue weighted by atomic mass is 16.5. The van der Waals surface area contributed by atoms with Gasteiger partial charge in [0.25, 0.3) is 0 Å². The summed E-state index contributed by atoms with van der Waals surface area (Å²) in [4.78, 5) is 0. The van der Waals surface area contributed by atoms with Crippen LogP contribution in [0.2, 0.25) is 0 Å². The van der Waals surface area contributed by atoms with E-state index in [1.165, 1.54) is 6.42 Å². The Labute approximate surface area is 100 Å². The summed E-state index contributed by atoms with van der Waals surface area (Å²) in [7, 11) is 0. The van der Waals surface area contributed by atoms with Crippen molar-refractivity contribution in [3.05, 3.63) is 0 Å². The van der Waals surface area contributed by atoms with Gasteiger partial charge < -0.3 is 9.84 Å². The average Bonchev–Trinajstić information content (AvgIpc) is 1.93. The van der Waals surface area contributed by atoms with E-state index < -0.39 is 5.60 Å². The Morgan fingerprint density at radius 2 is 1.44 bits per heavy atom. The summed E-state index contributed by atoms with van der Waals surface area (Å²) < 4.78 is 5.62. The number of rotatable bonds is 3. The number of hydrogen-bond acceptors (Lipinski definition) is 2. The molecule has 1 N–H and O–H groups in total. The monoisotopic (exact) mass is 228 g/mol.